The molecule has 100 valence electrons. The summed E-state index contributed by atoms with van der Waals surface area (Å²) in [5.41, 5.74) is 10.2. The highest BCUT2D eigenvalue weighted by atomic mass is 16.5. The fraction of sp³-hybridized carbons (Fsp3) is 0.917. The van der Waals surface area contributed by atoms with Crippen molar-refractivity contribution in [2.24, 2.45) is 11.5 Å². The van der Waals surface area contributed by atoms with E-state index in [0.29, 0.717) is 12.5 Å². The Morgan fingerprint density at radius 3 is 2.76 bits per heavy atom. The van der Waals surface area contributed by atoms with Crippen molar-refractivity contribution in [2.45, 2.75) is 51.3 Å². The maximum atomic E-state index is 11.2. The molecule has 4 N–H and O–H groups in total. The first-order valence-corrected chi connectivity index (χ1v) is 6.31. The standard InChI is InChI=1S/C12H25N3O2/c1-4-10-8-17-9(2)7-15(10)6-5-12(3,14)11(13)16/h9-10H,4-8,14H2,1-3H3,(H2,13,16). The molecule has 5 heteroatoms. The minimum atomic E-state index is -0.917. The van der Waals surface area contributed by atoms with Crippen molar-refractivity contribution >= 4 is 5.91 Å². The summed E-state index contributed by atoms with van der Waals surface area (Å²) in [5.74, 6) is -0.438. The van der Waals surface area contributed by atoms with E-state index in [9.17, 15) is 4.79 Å². The highest BCUT2D eigenvalue weighted by Crippen LogP contribution is 2.16. The first-order chi connectivity index (χ1) is 7.86. The van der Waals surface area contributed by atoms with E-state index in [2.05, 4.69) is 18.7 Å². The van der Waals surface area contributed by atoms with E-state index in [1.807, 2.05) is 0 Å². The summed E-state index contributed by atoms with van der Waals surface area (Å²) in [6, 6.07) is 0.426. The van der Waals surface area contributed by atoms with Crippen LogP contribution in [0.25, 0.3) is 0 Å². The number of amides is 1. The number of nitrogens with zero attached hydrogens (tertiary/aromatic N) is 1. The molecule has 0 aromatic heterocycles. The van der Waals surface area contributed by atoms with E-state index in [0.717, 1.165) is 26.1 Å². The quantitative estimate of drug-likeness (QED) is 0.716. The van der Waals surface area contributed by atoms with E-state index in [-0.39, 0.29) is 6.10 Å². The molecule has 1 saturated heterocycles. The third-order valence-electron chi connectivity index (χ3n) is 3.53. The van der Waals surface area contributed by atoms with Crippen molar-refractivity contribution in [1.82, 2.24) is 4.90 Å². The van der Waals surface area contributed by atoms with Gasteiger partial charge in [-0.1, -0.05) is 6.92 Å². The van der Waals surface area contributed by atoms with Crippen LogP contribution in [0.4, 0.5) is 0 Å². The van der Waals surface area contributed by atoms with Gasteiger partial charge in [0.15, 0.2) is 0 Å². The maximum absolute atomic E-state index is 11.2. The number of primary amides is 1. The minimum Gasteiger partial charge on any atom is -0.376 e. The summed E-state index contributed by atoms with van der Waals surface area (Å²) in [4.78, 5) is 13.5. The molecule has 3 atom stereocenters. The summed E-state index contributed by atoms with van der Waals surface area (Å²) in [7, 11) is 0. The third-order valence-corrected chi connectivity index (χ3v) is 3.53. The third kappa shape index (κ3) is 3.94. The summed E-state index contributed by atoms with van der Waals surface area (Å²) in [6.45, 7) is 8.35. The monoisotopic (exact) mass is 243 g/mol. The zero-order valence-electron chi connectivity index (χ0n) is 11.1. The van der Waals surface area contributed by atoms with Gasteiger partial charge < -0.3 is 16.2 Å². The van der Waals surface area contributed by atoms with Crippen LogP contribution in [0.3, 0.4) is 0 Å². The second-order valence-electron chi connectivity index (χ2n) is 5.23. The zero-order chi connectivity index (χ0) is 13.1. The van der Waals surface area contributed by atoms with Crippen molar-refractivity contribution in [1.29, 1.82) is 0 Å². The van der Waals surface area contributed by atoms with Gasteiger partial charge in [0, 0.05) is 19.1 Å². The predicted molar refractivity (Wildman–Crippen MR) is 67.5 cm³/mol. The molecule has 0 aliphatic carbocycles. The molecular formula is C12H25N3O2. The molecule has 0 saturated carbocycles. The van der Waals surface area contributed by atoms with Crippen molar-refractivity contribution < 1.29 is 9.53 Å². The van der Waals surface area contributed by atoms with Gasteiger partial charge >= 0.3 is 0 Å². The van der Waals surface area contributed by atoms with Crippen LogP contribution < -0.4 is 11.5 Å². The molecule has 0 bridgehead atoms. The van der Waals surface area contributed by atoms with Crippen molar-refractivity contribution in [3.05, 3.63) is 0 Å². The lowest BCUT2D eigenvalue weighted by Gasteiger charge is -2.39. The molecule has 1 fully saturated rings. The number of morpholine rings is 1. The number of nitrogens with two attached hydrogens (primary N) is 2. The minimum absolute atomic E-state index is 0.246. The topological polar surface area (TPSA) is 81.6 Å². The SMILES string of the molecule is CCC1COC(C)CN1CCC(C)(N)C(N)=O. The van der Waals surface area contributed by atoms with Crippen LogP contribution in [0.5, 0.6) is 0 Å². The fourth-order valence-corrected chi connectivity index (χ4v) is 2.06. The normalized spacial score (nSPS) is 29.9. The summed E-state index contributed by atoms with van der Waals surface area (Å²) < 4.78 is 5.63. The Morgan fingerprint density at radius 1 is 1.59 bits per heavy atom. The van der Waals surface area contributed by atoms with Gasteiger partial charge in [0.25, 0.3) is 0 Å². The highest BCUT2D eigenvalue weighted by molar-refractivity contribution is 5.83. The summed E-state index contributed by atoms with van der Waals surface area (Å²) in [5, 5.41) is 0. The lowest BCUT2D eigenvalue weighted by Crippen LogP contribution is -2.54. The Bertz CT molecular complexity index is 268. The first-order valence-electron chi connectivity index (χ1n) is 6.31. The number of hydrogen-bond donors (Lipinski definition) is 2. The van der Waals surface area contributed by atoms with Gasteiger partial charge in [-0.05, 0) is 26.7 Å². The van der Waals surface area contributed by atoms with Crippen molar-refractivity contribution in [3.63, 3.8) is 0 Å². The molecule has 1 heterocycles. The van der Waals surface area contributed by atoms with E-state index in [1.165, 1.54) is 0 Å². The molecule has 5 nitrogen and oxygen atoms in total. The second-order valence-corrected chi connectivity index (χ2v) is 5.23. The first kappa shape index (κ1) is 14.4. The van der Waals surface area contributed by atoms with Gasteiger partial charge in [0.1, 0.15) is 0 Å². The average Bonchev–Trinajstić information content (AvgIpc) is 2.26. The van der Waals surface area contributed by atoms with E-state index in [1.54, 1.807) is 6.92 Å². The Morgan fingerprint density at radius 2 is 2.24 bits per heavy atom. The maximum Gasteiger partial charge on any atom is 0.237 e. The van der Waals surface area contributed by atoms with Crippen LogP contribution in [0.2, 0.25) is 0 Å². The van der Waals surface area contributed by atoms with Gasteiger partial charge in [-0.25, -0.2) is 0 Å². The fourth-order valence-electron chi connectivity index (χ4n) is 2.06. The second kappa shape index (κ2) is 5.80. The molecule has 17 heavy (non-hydrogen) atoms. The molecule has 0 spiro atoms. The summed E-state index contributed by atoms with van der Waals surface area (Å²) in [6.07, 6.45) is 1.88. The van der Waals surface area contributed by atoms with E-state index >= 15 is 0 Å². The van der Waals surface area contributed by atoms with Crippen LogP contribution in [0.15, 0.2) is 0 Å². The molecule has 1 amide bonds. The van der Waals surface area contributed by atoms with Crippen LogP contribution in [-0.2, 0) is 9.53 Å². The van der Waals surface area contributed by atoms with Gasteiger partial charge in [-0.2, -0.15) is 0 Å². The van der Waals surface area contributed by atoms with E-state index in [4.69, 9.17) is 16.2 Å². The van der Waals surface area contributed by atoms with Gasteiger partial charge in [-0.3, -0.25) is 9.69 Å². The van der Waals surface area contributed by atoms with Crippen LogP contribution in [-0.4, -0.2) is 48.2 Å². The average molecular weight is 243 g/mol. The Kier molecular flexibility index (Phi) is 4.91. The zero-order valence-corrected chi connectivity index (χ0v) is 11.1. The van der Waals surface area contributed by atoms with Gasteiger partial charge in [-0.15, -0.1) is 0 Å². The Hall–Kier alpha value is -0.650. The highest BCUT2D eigenvalue weighted by Gasteiger charge is 2.30. The molecule has 0 radical (unpaired) electrons. The lowest BCUT2D eigenvalue weighted by atomic mass is 9.97. The molecule has 0 aromatic carbocycles. The van der Waals surface area contributed by atoms with Crippen LogP contribution >= 0.6 is 0 Å². The molecule has 1 rings (SSSR count). The largest absolute Gasteiger partial charge is 0.376 e. The van der Waals surface area contributed by atoms with Crippen molar-refractivity contribution in [2.75, 3.05) is 19.7 Å². The number of hydrogen-bond acceptors (Lipinski definition) is 4. The van der Waals surface area contributed by atoms with E-state index < -0.39 is 11.4 Å². The smallest absolute Gasteiger partial charge is 0.237 e. The van der Waals surface area contributed by atoms with Gasteiger partial charge in [0.05, 0.1) is 18.2 Å². The Balaban J connectivity index is 2.51. The predicted octanol–water partition coefficient (Wildman–Crippen LogP) is 0.0785. The summed E-state index contributed by atoms with van der Waals surface area (Å²) >= 11 is 0. The molecule has 3 unspecified atom stereocenters. The number of carbonyl (C=O) groups is 1. The molecule has 1 aliphatic heterocycles. The number of carbonyl (C=O) groups excluding carboxylic acids is 1. The van der Waals surface area contributed by atoms with Crippen molar-refractivity contribution in [3.8, 4) is 0 Å². The Labute approximate surface area is 103 Å². The van der Waals surface area contributed by atoms with Crippen LogP contribution in [0.1, 0.15) is 33.6 Å². The van der Waals surface area contributed by atoms with Gasteiger partial charge in [0.2, 0.25) is 5.91 Å². The lowest BCUT2D eigenvalue weighted by molar-refractivity contribution is -0.123. The molecule has 0 aromatic rings. The number of rotatable bonds is 5. The molecular weight excluding hydrogens is 218 g/mol. The number of ether oxygens (including phenoxy) is 1. The molecule has 1 aliphatic rings. The van der Waals surface area contributed by atoms with Crippen LogP contribution in [0, 0.1) is 0 Å².